The summed E-state index contributed by atoms with van der Waals surface area (Å²) in [5.41, 5.74) is 2.04. The van der Waals surface area contributed by atoms with Crippen LogP contribution in [0.2, 0.25) is 0 Å². The number of hydrazone groups is 1. The molecule has 1 heterocycles. The minimum Gasteiger partial charge on any atom is -0.504 e. The third-order valence-corrected chi connectivity index (χ3v) is 5.23. The molecular formula is C23H25N3O2. The Kier molecular flexibility index (Phi) is 5.44. The van der Waals surface area contributed by atoms with E-state index in [0.717, 1.165) is 32.7 Å². The number of nitrogens with zero attached hydrogens (tertiary/aromatic N) is 3. The van der Waals surface area contributed by atoms with Crippen molar-refractivity contribution in [2.75, 3.05) is 33.3 Å². The van der Waals surface area contributed by atoms with Gasteiger partial charge in [-0.15, -0.1) is 0 Å². The van der Waals surface area contributed by atoms with Crippen LogP contribution in [0.25, 0.3) is 10.8 Å². The second kappa shape index (κ2) is 8.31. The number of benzene rings is 3. The molecule has 3 aromatic carbocycles. The van der Waals surface area contributed by atoms with Crippen molar-refractivity contribution in [2.45, 2.75) is 6.54 Å². The zero-order valence-electron chi connectivity index (χ0n) is 16.1. The summed E-state index contributed by atoms with van der Waals surface area (Å²) in [6.07, 6.45) is 1.71. The first-order valence-electron chi connectivity index (χ1n) is 9.58. The molecule has 1 aliphatic rings. The lowest BCUT2D eigenvalue weighted by Crippen LogP contribution is -2.43. The fraction of sp³-hybridized carbons (Fsp3) is 0.261. The van der Waals surface area contributed by atoms with Crippen molar-refractivity contribution < 1.29 is 9.84 Å². The molecule has 0 aromatic heterocycles. The topological polar surface area (TPSA) is 48.3 Å². The summed E-state index contributed by atoms with van der Waals surface area (Å²) < 4.78 is 5.15. The Bertz CT molecular complexity index is 973. The van der Waals surface area contributed by atoms with Crippen molar-refractivity contribution >= 4 is 17.0 Å². The van der Waals surface area contributed by atoms with Crippen LogP contribution in [0.4, 0.5) is 0 Å². The molecule has 0 radical (unpaired) electrons. The molecule has 4 rings (SSSR count). The van der Waals surface area contributed by atoms with Gasteiger partial charge in [0.2, 0.25) is 0 Å². The van der Waals surface area contributed by atoms with Crippen LogP contribution in [0.3, 0.4) is 0 Å². The molecular weight excluding hydrogens is 350 g/mol. The zero-order chi connectivity index (χ0) is 19.3. The number of hydrogen-bond donors (Lipinski definition) is 1. The Morgan fingerprint density at radius 2 is 1.71 bits per heavy atom. The van der Waals surface area contributed by atoms with E-state index in [1.807, 2.05) is 12.1 Å². The molecule has 1 aliphatic heterocycles. The maximum atomic E-state index is 10.2. The highest BCUT2D eigenvalue weighted by atomic mass is 16.5. The van der Waals surface area contributed by atoms with Crippen LogP contribution >= 0.6 is 0 Å². The second-order valence-corrected chi connectivity index (χ2v) is 7.01. The number of piperazine rings is 1. The molecule has 0 unspecified atom stereocenters. The quantitative estimate of drug-likeness (QED) is 0.691. The summed E-state index contributed by atoms with van der Waals surface area (Å²) in [6, 6.07) is 20.5. The van der Waals surface area contributed by atoms with Crippen LogP contribution in [0, 0.1) is 0 Å². The highest BCUT2D eigenvalue weighted by molar-refractivity contribution is 5.85. The summed E-state index contributed by atoms with van der Waals surface area (Å²) >= 11 is 0. The maximum absolute atomic E-state index is 10.2. The van der Waals surface area contributed by atoms with Gasteiger partial charge in [-0.3, -0.25) is 9.91 Å². The molecule has 5 heteroatoms. The fourth-order valence-electron chi connectivity index (χ4n) is 3.63. The number of phenols is 1. The normalized spacial score (nSPS) is 15.4. The van der Waals surface area contributed by atoms with E-state index in [4.69, 9.17) is 4.74 Å². The van der Waals surface area contributed by atoms with Gasteiger partial charge in [0.1, 0.15) is 0 Å². The van der Waals surface area contributed by atoms with Crippen molar-refractivity contribution in [1.82, 2.24) is 9.91 Å². The number of phenolic OH excluding ortho intramolecular Hbond substituents is 1. The number of ether oxygens (including phenoxy) is 1. The van der Waals surface area contributed by atoms with Crippen molar-refractivity contribution in [1.29, 1.82) is 0 Å². The van der Waals surface area contributed by atoms with Gasteiger partial charge in [0.15, 0.2) is 11.5 Å². The molecule has 1 N–H and O–H groups in total. The first kappa shape index (κ1) is 18.3. The van der Waals surface area contributed by atoms with E-state index < -0.39 is 0 Å². The number of fused-ring (bicyclic) bond motifs is 1. The number of para-hydroxylation sites is 1. The predicted octanol–water partition coefficient (Wildman–Crippen LogP) is 3.71. The number of aromatic hydroxyl groups is 1. The minimum absolute atomic E-state index is 0.128. The van der Waals surface area contributed by atoms with E-state index in [1.165, 1.54) is 16.3 Å². The molecule has 0 aliphatic carbocycles. The fourth-order valence-corrected chi connectivity index (χ4v) is 3.63. The van der Waals surface area contributed by atoms with Gasteiger partial charge in [-0.1, -0.05) is 48.5 Å². The third-order valence-electron chi connectivity index (χ3n) is 5.23. The van der Waals surface area contributed by atoms with Gasteiger partial charge in [0.05, 0.1) is 13.3 Å². The lowest BCUT2D eigenvalue weighted by molar-refractivity contribution is 0.131. The summed E-state index contributed by atoms with van der Waals surface area (Å²) in [5, 5.41) is 19.4. The number of rotatable bonds is 5. The molecule has 0 saturated carbocycles. The smallest absolute Gasteiger partial charge is 0.166 e. The lowest BCUT2D eigenvalue weighted by Gasteiger charge is -2.33. The largest absolute Gasteiger partial charge is 0.504 e. The molecule has 0 bridgehead atoms. The van der Waals surface area contributed by atoms with E-state index in [1.54, 1.807) is 19.4 Å². The van der Waals surface area contributed by atoms with Crippen LogP contribution in [0.15, 0.2) is 65.8 Å². The molecule has 3 aromatic rings. The number of hydrogen-bond acceptors (Lipinski definition) is 5. The third kappa shape index (κ3) is 3.94. The van der Waals surface area contributed by atoms with E-state index in [9.17, 15) is 5.11 Å². The van der Waals surface area contributed by atoms with Crippen LogP contribution in [-0.4, -0.2) is 54.5 Å². The molecule has 144 valence electrons. The maximum Gasteiger partial charge on any atom is 0.166 e. The molecule has 5 nitrogen and oxygen atoms in total. The molecule has 1 fully saturated rings. The molecule has 28 heavy (non-hydrogen) atoms. The number of methoxy groups -OCH3 is 1. The van der Waals surface area contributed by atoms with Crippen LogP contribution in [-0.2, 0) is 6.54 Å². The van der Waals surface area contributed by atoms with Gasteiger partial charge >= 0.3 is 0 Å². The van der Waals surface area contributed by atoms with Crippen LogP contribution < -0.4 is 4.74 Å². The summed E-state index contributed by atoms with van der Waals surface area (Å²) in [6.45, 7) is 4.61. The Morgan fingerprint density at radius 3 is 2.54 bits per heavy atom. The van der Waals surface area contributed by atoms with E-state index in [-0.39, 0.29) is 5.75 Å². The predicted molar refractivity (Wildman–Crippen MR) is 113 cm³/mol. The molecule has 0 spiro atoms. The average molecular weight is 375 g/mol. The summed E-state index contributed by atoms with van der Waals surface area (Å²) in [7, 11) is 1.55. The summed E-state index contributed by atoms with van der Waals surface area (Å²) in [4.78, 5) is 2.47. The minimum atomic E-state index is 0.128. The highest BCUT2D eigenvalue weighted by Crippen LogP contribution is 2.28. The molecule has 1 saturated heterocycles. The lowest BCUT2D eigenvalue weighted by atomic mass is 10.0. The van der Waals surface area contributed by atoms with Gasteiger partial charge in [0, 0.05) is 38.3 Å². The molecule has 0 atom stereocenters. The summed E-state index contributed by atoms with van der Waals surface area (Å²) in [5.74, 6) is 0.590. The van der Waals surface area contributed by atoms with Gasteiger partial charge in [-0.05, 0) is 28.5 Å². The Hall–Kier alpha value is -3.05. The van der Waals surface area contributed by atoms with Gasteiger partial charge in [-0.25, -0.2) is 0 Å². The van der Waals surface area contributed by atoms with Crippen LogP contribution in [0.5, 0.6) is 11.5 Å². The van der Waals surface area contributed by atoms with Gasteiger partial charge in [0.25, 0.3) is 0 Å². The average Bonchev–Trinajstić information content (AvgIpc) is 2.74. The second-order valence-electron chi connectivity index (χ2n) is 7.01. The van der Waals surface area contributed by atoms with Crippen molar-refractivity contribution in [3.63, 3.8) is 0 Å². The van der Waals surface area contributed by atoms with Crippen molar-refractivity contribution in [2.24, 2.45) is 5.10 Å². The van der Waals surface area contributed by atoms with E-state index in [2.05, 4.69) is 57.5 Å². The first-order chi connectivity index (χ1) is 13.7. The Labute approximate surface area is 165 Å². The van der Waals surface area contributed by atoms with Gasteiger partial charge < -0.3 is 9.84 Å². The van der Waals surface area contributed by atoms with E-state index >= 15 is 0 Å². The van der Waals surface area contributed by atoms with Crippen molar-refractivity contribution in [3.05, 3.63) is 71.8 Å². The van der Waals surface area contributed by atoms with E-state index in [0.29, 0.717) is 11.3 Å². The first-order valence-corrected chi connectivity index (χ1v) is 9.58. The van der Waals surface area contributed by atoms with Crippen LogP contribution in [0.1, 0.15) is 11.1 Å². The van der Waals surface area contributed by atoms with Gasteiger partial charge in [-0.2, -0.15) is 5.10 Å². The Balaban J connectivity index is 1.37. The molecule has 0 amide bonds. The highest BCUT2D eigenvalue weighted by Gasteiger charge is 2.16. The monoisotopic (exact) mass is 375 g/mol. The SMILES string of the molecule is COc1cccc(/C=N\N2CCN(Cc3cccc4ccccc34)CC2)c1O. The Morgan fingerprint density at radius 1 is 0.964 bits per heavy atom. The van der Waals surface area contributed by atoms with Crippen molar-refractivity contribution in [3.8, 4) is 11.5 Å². The zero-order valence-corrected chi connectivity index (χ0v) is 16.1. The standard InChI is InChI=1S/C23H25N3O2/c1-28-22-11-5-8-19(23(22)27)16-24-26-14-12-25(13-15-26)17-20-9-4-7-18-6-2-3-10-21(18)20/h2-11,16,27H,12-15,17H2,1H3/b24-16-.